The van der Waals surface area contributed by atoms with Gasteiger partial charge in [-0.05, 0) is 32.9 Å². The quantitative estimate of drug-likeness (QED) is 0.306. The van der Waals surface area contributed by atoms with Crippen molar-refractivity contribution >= 4 is 18.7 Å². The minimum absolute atomic E-state index is 0.266. The number of hydrogen-bond acceptors (Lipinski definition) is 2. The van der Waals surface area contributed by atoms with E-state index in [9.17, 15) is 0 Å². The van der Waals surface area contributed by atoms with Gasteiger partial charge in [-0.1, -0.05) is 13.8 Å². The number of rotatable bonds is 4. The number of halogens is 1. The smallest absolute Gasteiger partial charge is 0.267 e. The highest BCUT2D eigenvalue weighted by Crippen LogP contribution is 2.24. The van der Waals surface area contributed by atoms with E-state index in [0.717, 1.165) is 12.1 Å². The molecule has 0 saturated carbocycles. The molecule has 0 spiro atoms. The lowest BCUT2D eigenvalue weighted by molar-refractivity contribution is -0.283. The van der Waals surface area contributed by atoms with Crippen molar-refractivity contribution in [3.05, 3.63) is 0 Å². The average Bonchev–Trinajstić information content (AvgIpc) is 1.99. The summed E-state index contributed by atoms with van der Waals surface area (Å²) in [5.41, 5.74) is -0.266. The van der Waals surface area contributed by atoms with Crippen molar-refractivity contribution in [1.82, 2.24) is 0 Å². The molecule has 0 aliphatic carbocycles. The summed E-state index contributed by atoms with van der Waals surface area (Å²) < 4.78 is 5.30. The fourth-order valence-corrected chi connectivity index (χ4v) is 1.80. The maximum Gasteiger partial charge on any atom is 0.330 e. The van der Waals surface area contributed by atoms with Gasteiger partial charge >= 0.3 is 7.63 Å². The van der Waals surface area contributed by atoms with E-state index < -0.39 is 7.63 Å². The Balaban J connectivity index is 3.89. The van der Waals surface area contributed by atoms with Crippen LogP contribution in [0.15, 0.2) is 0 Å². The molecular formula is C8H19ClO2Si. The summed E-state index contributed by atoms with van der Waals surface area (Å²) in [5.74, 6) is 0. The van der Waals surface area contributed by atoms with Gasteiger partial charge in [0.25, 0.3) is 0 Å². The van der Waals surface area contributed by atoms with Crippen LogP contribution in [0.3, 0.4) is 0 Å². The standard InChI is InChI=1S/C8H19ClO2Si/c1-6-12(9,7-2)11-10-8(3,4)5/h6-7H2,1-5H3. The van der Waals surface area contributed by atoms with E-state index in [0.29, 0.717) is 0 Å². The zero-order chi connectivity index (χ0) is 9.83. The molecule has 4 heteroatoms. The van der Waals surface area contributed by atoms with Crippen LogP contribution in [0.2, 0.25) is 12.1 Å². The molecule has 0 heterocycles. The molecule has 0 unspecified atom stereocenters. The van der Waals surface area contributed by atoms with Gasteiger partial charge in [-0.3, -0.25) is 4.58 Å². The predicted octanol–water partition coefficient (Wildman–Crippen LogP) is 3.45. The van der Waals surface area contributed by atoms with Crippen molar-refractivity contribution in [2.75, 3.05) is 0 Å². The molecule has 0 atom stereocenters. The highest BCUT2D eigenvalue weighted by molar-refractivity contribution is 7.16. The Morgan fingerprint density at radius 2 is 1.58 bits per heavy atom. The third-order valence-electron chi connectivity index (χ3n) is 1.50. The summed E-state index contributed by atoms with van der Waals surface area (Å²) in [6, 6.07) is 1.75. The van der Waals surface area contributed by atoms with Crippen LogP contribution in [-0.4, -0.2) is 13.2 Å². The molecule has 0 aliphatic rings. The van der Waals surface area contributed by atoms with E-state index in [1.807, 2.05) is 34.6 Å². The zero-order valence-electron chi connectivity index (χ0n) is 8.61. The molecule has 0 bridgehead atoms. The van der Waals surface area contributed by atoms with Gasteiger partial charge in [0.2, 0.25) is 0 Å². The molecule has 12 heavy (non-hydrogen) atoms. The molecule has 0 fully saturated rings. The van der Waals surface area contributed by atoms with Crippen LogP contribution in [0.5, 0.6) is 0 Å². The molecule has 0 amide bonds. The lowest BCUT2D eigenvalue weighted by Crippen LogP contribution is -2.34. The first-order chi connectivity index (χ1) is 5.33. The monoisotopic (exact) mass is 210 g/mol. The Hall–Kier alpha value is 0.427. The molecule has 0 saturated heterocycles. The fraction of sp³-hybridized carbons (Fsp3) is 1.00. The largest absolute Gasteiger partial charge is 0.330 e. The van der Waals surface area contributed by atoms with Crippen molar-refractivity contribution in [2.45, 2.75) is 52.3 Å². The molecular weight excluding hydrogens is 192 g/mol. The maximum absolute atomic E-state index is 6.21. The second-order valence-corrected chi connectivity index (χ2v) is 9.28. The topological polar surface area (TPSA) is 18.5 Å². The first-order valence-electron chi connectivity index (χ1n) is 4.39. The highest BCUT2D eigenvalue weighted by Gasteiger charge is 2.32. The van der Waals surface area contributed by atoms with Crippen molar-refractivity contribution in [1.29, 1.82) is 0 Å². The summed E-state index contributed by atoms with van der Waals surface area (Å²) in [6.07, 6.45) is 0. The Kier molecular flexibility index (Phi) is 4.77. The minimum atomic E-state index is -2.06. The Bertz CT molecular complexity index is 130. The normalized spacial score (nSPS) is 13.5. The van der Waals surface area contributed by atoms with Gasteiger partial charge in [-0.25, -0.2) is 4.89 Å². The molecule has 0 radical (unpaired) electrons. The van der Waals surface area contributed by atoms with Gasteiger partial charge in [0.05, 0.1) is 5.60 Å². The molecule has 0 aromatic heterocycles. The van der Waals surface area contributed by atoms with E-state index >= 15 is 0 Å². The van der Waals surface area contributed by atoms with Crippen molar-refractivity contribution < 1.29 is 9.46 Å². The minimum Gasteiger partial charge on any atom is -0.267 e. The molecule has 0 rings (SSSR count). The lowest BCUT2D eigenvalue weighted by Gasteiger charge is -2.26. The SMILES string of the molecule is CC[Si](Cl)(CC)OOC(C)(C)C. The van der Waals surface area contributed by atoms with E-state index in [-0.39, 0.29) is 5.60 Å². The summed E-state index contributed by atoms with van der Waals surface area (Å²) in [6.45, 7) is 9.92. The van der Waals surface area contributed by atoms with Crippen molar-refractivity contribution in [3.8, 4) is 0 Å². The van der Waals surface area contributed by atoms with Gasteiger partial charge in [0, 0.05) is 0 Å². The first-order valence-corrected chi connectivity index (χ1v) is 7.72. The second kappa shape index (κ2) is 4.60. The van der Waals surface area contributed by atoms with Gasteiger partial charge in [-0.15, -0.1) is 11.1 Å². The Morgan fingerprint density at radius 3 is 1.83 bits per heavy atom. The van der Waals surface area contributed by atoms with Crippen LogP contribution in [0.25, 0.3) is 0 Å². The van der Waals surface area contributed by atoms with Crippen LogP contribution < -0.4 is 0 Å². The van der Waals surface area contributed by atoms with E-state index in [4.69, 9.17) is 20.5 Å². The molecule has 0 aromatic carbocycles. The van der Waals surface area contributed by atoms with E-state index in [1.54, 1.807) is 0 Å². The zero-order valence-corrected chi connectivity index (χ0v) is 10.4. The van der Waals surface area contributed by atoms with Crippen LogP contribution in [0, 0.1) is 0 Å². The fourth-order valence-electron chi connectivity index (χ4n) is 0.568. The first kappa shape index (κ1) is 12.4. The van der Waals surface area contributed by atoms with Gasteiger partial charge < -0.3 is 0 Å². The lowest BCUT2D eigenvalue weighted by atomic mass is 10.2. The Morgan fingerprint density at radius 1 is 1.17 bits per heavy atom. The molecule has 0 aliphatic heterocycles. The summed E-state index contributed by atoms with van der Waals surface area (Å²) in [5, 5.41) is 0. The van der Waals surface area contributed by atoms with Crippen LogP contribution >= 0.6 is 11.1 Å². The summed E-state index contributed by atoms with van der Waals surface area (Å²) in [4.78, 5) is 5.21. The highest BCUT2D eigenvalue weighted by atomic mass is 35.6. The van der Waals surface area contributed by atoms with Gasteiger partial charge in [0.1, 0.15) is 0 Å². The van der Waals surface area contributed by atoms with Crippen LogP contribution in [0.1, 0.15) is 34.6 Å². The summed E-state index contributed by atoms with van der Waals surface area (Å²) >= 11 is 6.21. The van der Waals surface area contributed by atoms with Crippen molar-refractivity contribution in [2.24, 2.45) is 0 Å². The second-order valence-electron chi connectivity index (χ2n) is 3.87. The Labute approximate surface area is 81.0 Å². The maximum atomic E-state index is 6.21. The molecule has 74 valence electrons. The van der Waals surface area contributed by atoms with Gasteiger partial charge in [-0.2, -0.15) is 0 Å². The van der Waals surface area contributed by atoms with Gasteiger partial charge in [0.15, 0.2) is 0 Å². The van der Waals surface area contributed by atoms with Crippen LogP contribution in [-0.2, 0) is 9.46 Å². The third-order valence-corrected chi connectivity index (χ3v) is 5.78. The predicted molar refractivity (Wildman–Crippen MR) is 54.5 cm³/mol. The molecule has 0 N–H and O–H groups in total. The van der Waals surface area contributed by atoms with E-state index in [1.165, 1.54) is 0 Å². The van der Waals surface area contributed by atoms with E-state index in [2.05, 4.69) is 0 Å². The molecule has 2 nitrogen and oxygen atoms in total. The number of hydrogen-bond donors (Lipinski definition) is 0. The van der Waals surface area contributed by atoms with Crippen molar-refractivity contribution in [3.63, 3.8) is 0 Å². The third kappa shape index (κ3) is 5.14. The average molecular weight is 211 g/mol. The molecule has 0 aromatic rings. The summed E-state index contributed by atoms with van der Waals surface area (Å²) in [7, 11) is -2.06. The van der Waals surface area contributed by atoms with Crippen LogP contribution in [0.4, 0.5) is 0 Å².